The van der Waals surface area contributed by atoms with Crippen LogP contribution in [0.3, 0.4) is 0 Å². The van der Waals surface area contributed by atoms with Crippen LogP contribution in [0, 0.1) is 0 Å². The molecule has 1 atom stereocenters. The van der Waals surface area contributed by atoms with Crippen LogP contribution in [-0.2, 0) is 4.79 Å². The molecule has 0 aliphatic rings. The number of rotatable bonds is 6. The van der Waals surface area contributed by atoms with E-state index in [2.05, 4.69) is 0 Å². The first-order valence-corrected chi connectivity index (χ1v) is 5.86. The second-order valence-corrected chi connectivity index (χ2v) is 4.11. The summed E-state index contributed by atoms with van der Waals surface area (Å²) in [6.07, 6.45) is -4.84. The molecule has 0 bridgehead atoms. The van der Waals surface area contributed by atoms with Gasteiger partial charge in [0, 0.05) is 0 Å². The average Bonchev–Trinajstić information content (AvgIpc) is 2.32. The molecule has 0 aliphatic carbocycles. The molecule has 19 heavy (non-hydrogen) atoms. The van der Waals surface area contributed by atoms with E-state index in [9.17, 15) is 18.0 Å². The molecule has 3 nitrogen and oxygen atoms in total. The standard InChI is InChI=1S/C13H15F3O3/c1-2-6-19-10-5-3-4-9(7-10)11(8-12(17)18)13(14,15)16/h3-5,7,11H,2,6,8H2,1H3,(H,17,18). The first kappa shape index (κ1) is 15.3. The van der Waals surface area contributed by atoms with Crippen molar-refractivity contribution in [2.75, 3.05) is 6.61 Å². The molecule has 0 saturated heterocycles. The van der Waals surface area contributed by atoms with Crippen molar-refractivity contribution in [2.24, 2.45) is 0 Å². The number of alkyl halides is 3. The summed E-state index contributed by atoms with van der Waals surface area (Å²) in [7, 11) is 0. The predicted octanol–water partition coefficient (Wildman–Crippen LogP) is 3.60. The zero-order valence-corrected chi connectivity index (χ0v) is 10.4. The van der Waals surface area contributed by atoms with E-state index in [0.717, 1.165) is 6.42 Å². The number of carboxylic acid groups (broad SMARTS) is 1. The van der Waals surface area contributed by atoms with Crippen molar-refractivity contribution in [3.05, 3.63) is 29.8 Å². The van der Waals surface area contributed by atoms with Crippen LogP contribution in [0.15, 0.2) is 24.3 Å². The highest BCUT2D eigenvalue weighted by molar-refractivity contribution is 5.68. The van der Waals surface area contributed by atoms with Gasteiger partial charge in [-0.2, -0.15) is 13.2 Å². The second-order valence-electron chi connectivity index (χ2n) is 4.11. The number of hydrogen-bond donors (Lipinski definition) is 1. The van der Waals surface area contributed by atoms with Gasteiger partial charge in [0.1, 0.15) is 5.75 Å². The number of carbonyl (C=O) groups is 1. The van der Waals surface area contributed by atoms with Crippen LogP contribution in [0.5, 0.6) is 5.75 Å². The summed E-state index contributed by atoms with van der Waals surface area (Å²) in [5.74, 6) is -3.18. The quantitative estimate of drug-likeness (QED) is 0.863. The lowest BCUT2D eigenvalue weighted by Gasteiger charge is -2.19. The van der Waals surface area contributed by atoms with Crippen LogP contribution in [0.1, 0.15) is 31.2 Å². The first-order valence-electron chi connectivity index (χ1n) is 5.86. The van der Waals surface area contributed by atoms with E-state index in [-0.39, 0.29) is 5.56 Å². The summed E-state index contributed by atoms with van der Waals surface area (Å²) in [6, 6.07) is 5.49. The maximum atomic E-state index is 12.8. The summed E-state index contributed by atoms with van der Waals surface area (Å²) >= 11 is 0. The van der Waals surface area contributed by atoms with Crippen molar-refractivity contribution >= 4 is 5.97 Å². The molecule has 106 valence electrons. The Kier molecular flexibility index (Phi) is 5.20. The van der Waals surface area contributed by atoms with Crippen LogP contribution >= 0.6 is 0 Å². The van der Waals surface area contributed by atoms with Gasteiger partial charge in [0.05, 0.1) is 18.9 Å². The molecule has 6 heteroatoms. The van der Waals surface area contributed by atoms with E-state index >= 15 is 0 Å². The fourth-order valence-electron chi connectivity index (χ4n) is 1.64. The Morgan fingerprint density at radius 3 is 2.63 bits per heavy atom. The molecule has 0 aromatic heterocycles. The molecule has 1 rings (SSSR count). The van der Waals surface area contributed by atoms with E-state index in [0.29, 0.717) is 12.4 Å². The lowest BCUT2D eigenvalue weighted by atomic mass is 9.95. The summed E-state index contributed by atoms with van der Waals surface area (Å²) in [6.45, 7) is 2.28. The van der Waals surface area contributed by atoms with Crippen molar-refractivity contribution in [1.29, 1.82) is 0 Å². The molecule has 1 unspecified atom stereocenters. The number of carboxylic acids is 1. The van der Waals surface area contributed by atoms with Crippen LogP contribution in [0.2, 0.25) is 0 Å². The highest BCUT2D eigenvalue weighted by atomic mass is 19.4. The van der Waals surface area contributed by atoms with Gasteiger partial charge < -0.3 is 9.84 Å². The Morgan fingerprint density at radius 2 is 2.11 bits per heavy atom. The SMILES string of the molecule is CCCOc1cccc(C(CC(=O)O)C(F)(F)F)c1. The van der Waals surface area contributed by atoms with Crippen LogP contribution in [-0.4, -0.2) is 23.9 Å². The Morgan fingerprint density at radius 1 is 1.42 bits per heavy atom. The lowest BCUT2D eigenvalue weighted by molar-refractivity contribution is -0.163. The van der Waals surface area contributed by atoms with E-state index in [1.165, 1.54) is 18.2 Å². The Balaban J connectivity index is 2.98. The maximum absolute atomic E-state index is 12.8. The molecule has 1 N–H and O–H groups in total. The average molecular weight is 276 g/mol. The second kappa shape index (κ2) is 6.45. The largest absolute Gasteiger partial charge is 0.494 e. The number of aliphatic carboxylic acids is 1. The zero-order chi connectivity index (χ0) is 14.5. The van der Waals surface area contributed by atoms with Crippen molar-refractivity contribution in [3.63, 3.8) is 0 Å². The van der Waals surface area contributed by atoms with Gasteiger partial charge in [-0.1, -0.05) is 19.1 Å². The van der Waals surface area contributed by atoms with E-state index < -0.39 is 24.5 Å². The minimum absolute atomic E-state index is 0.0940. The first-order chi connectivity index (χ1) is 8.84. The van der Waals surface area contributed by atoms with Crippen molar-refractivity contribution in [2.45, 2.75) is 31.9 Å². The lowest BCUT2D eigenvalue weighted by Crippen LogP contribution is -2.23. The van der Waals surface area contributed by atoms with Gasteiger partial charge in [-0.25, -0.2) is 0 Å². The highest BCUT2D eigenvalue weighted by Crippen LogP contribution is 2.38. The third-order valence-corrected chi connectivity index (χ3v) is 2.51. The summed E-state index contributed by atoms with van der Waals surface area (Å²) in [4.78, 5) is 10.6. The van der Waals surface area contributed by atoms with Crippen molar-refractivity contribution in [3.8, 4) is 5.75 Å². The van der Waals surface area contributed by atoms with Crippen LogP contribution < -0.4 is 4.74 Å². The maximum Gasteiger partial charge on any atom is 0.396 e. The van der Waals surface area contributed by atoms with Gasteiger partial charge in [0.25, 0.3) is 0 Å². The van der Waals surface area contributed by atoms with Crippen molar-refractivity contribution < 1.29 is 27.8 Å². The van der Waals surface area contributed by atoms with Crippen LogP contribution in [0.25, 0.3) is 0 Å². The third-order valence-electron chi connectivity index (χ3n) is 2.51. The molecule has 0 fully saturated rings. The molecule has 1 aromatic rings. The number of halogens is 3. The monoisotopic (exact) mass is 276 g/mol. The van der Waals surface area contributed by atoms with E-state index in [1.807, 2.05) is 6.92 Å². The van der Waals surface area contributed by atoms with E-state index in [1.54, 1.807) is 6.07 Å². The third kappa shape index (κ3) is 4.81. The van der Waals surface area contributed by atoms with Gasteiger partial charge >= 0.3 is 12.1 Å². The van der Waals surface area contributed by atoms with Gasteiger partial charge in [-0.05, 0) is 24.1 Å². The van der Waals surface area contributed by atoms with Crippen molar-refractivity contribution in [1.82, 2.24) is 0 Å². The molecule has 0 spiro atoms. The summed E-state index contributed by atoms with van der Waals surface area (Å²) in [5, 5.41) is 8.59. The minimum Gasteiger partial charge on any atom is -0.494 e. The normalized spacial score (nSPS) is 13.1. The molecular weight excluding hydrogens is 261 g/mol. The molecule has 0 amide bonds. The van der Waals surface area contributed by atoms with Gasteiger partial charge in [-0.3, -0.25) is 4.79 Å². The number of ether oxygens (including phenoxy) is 1. The Labute approximate surface area is 109 Å². The van der Waals surface area contributed by atoms with Crippen LogP contribution in [0.4, 0.5) is 13.2 Å². The number of hydrogen-bond acceptors (Lipinski definition) is 2. The minimum atomic E-state index is -4.60. The summed E-state index contributed by atoms with van der Waals surface area (Å²) < 4.78 is 43.8. The fraction of sp³-hybridized carbons (Fsp3) is 0.462. The zero-order valence-electron chi connectivity index (χ0n) is 10.4. The molecule has 0 saturated carbocycles. The Hall–Kier alpha value is -1.72. The molecular formula is C13H15F3O3. The van der Waals surface area contributed by atoms with Gasteiger partial charge in [0.15, 0.2) is 0 Å². The molecule has 0 aliphatic heterocycles. The predicted molar refractivity (Wildman–Crippen MR) is 63.3 cm³/mol. The van der Waals surface area contributed by atoms with E-state index in [4.69, 9.17) is 9.84 Å². The summed E-state index contributed by atoms with van der Waals surface area (Å²) in [5.41, 5.74) is -0.0940. The Bertz CT molecular complexity index is 429. The topological polar surface area (TPSA) is 46.5 Å². The fourth-order valence-corrected chi connectivity index (χ4v) is 1.64. The number of benzene rings is 1. The molecule has 0 heterocycles. The van der Waals surface area contributed by atoms with Gasteiger partial charge in [-0.15, -0.1) is 0 Å². The smallest absolute Gasteiger partial charge is 0.396 e. The molecule has 1 aromatic carbocycles. The van der Waals surface area contributed by atoms with Gasteiger partial charge in [0.2, 0.25) is 0 Å². The molecule has 0 radical (unpaired) electrons. The highest BCUT2D eigenvalue weighted by Gasteiger charge is 2.42.